The number of amides is 1. The summed E-state index contributed by atoms with van der Waals surface area (Å²) in [5.74, 6) is 1.02. The van der Waals surface area contributed by atoms with E-state index in [2.05, 4.69) is 23.7 Å². The van der Waals surface area contributed by atoms with Crippen LogP contribution in [-0.4, -0.2) is 30.0 Å². The average molecular weight is 280 g/mol. The number of benzene rings is 1. The topological polar surface area (TPSA) is 55.1 Å². The van der Waals surface area contributed by atoms with Crippen molar-refractivity contribution in [1.29, 1.82) is 0 Å². The standard InChI is InChI=1S/C15H24N2OS/c1-12(10-11-19-2)17-15(18)14(16)9-8-13-6-4-3-5-7-13/h3-7,12,14H,8-11,16H2,1-2H3,(H,17,18). The molecule has 0 saturated heterocycles. The summed E-state index contributed by atoms with van der Waals surface area (Å²) >= 11 is 1.79. The van der Waals surface area contributed by atoms with Gasteiger partial charge < -0.3 is 11.1 Å². The highest BCUT2D eigenvalue weighted by molar-refractivity contribution is 7.98. The minimum Gasteiger partial charge on any atom is -0.352 e. The number of nitrogens with two attached hydrogens (primary N) is 1. The average Bonchev–Trinajstić information content (AvgIpc) is 2.43. The minimum atomic E-state index is -0.420. The van der Waals surface area contributed by atoms with E-state index in [1.807, 2.05) is 25.1 Å². The van der Waals surface area contributed by atoms with Gasteiger partial charge in [0, 0.05) is 6.04 Å². The highest BCUT2D eigenvalue weighted by atomic mass is 32.2. The van der Waals surface area contributed by atoms with Gasteiger partial charge in [-0.15, -0.1) is 0 Å². The van der Waals surface area contributed by atoms with E-state index in [1.54, 1.807) is 11.8 Å². The third kappa shape index (κ3) is 6.64. The van der Waals surface area contributed by atoms with Crippen molar-refractivity contribution in [2.24, 2.45) is 5.73 Å². The number of thioether (sulfide) groups is 1. The molecule has 106 valence electrons. The molecule has 0 spiro atoms. The van der Waals surface area contributed by atoms with E-state index < -0.39 is 6.04 Å². The van der Waals surface area contributed by atoms with Crippen molar-refractivity contribution in [3.63, 3.8) is 0 Å². The van der Waals surface area contributed by atoms with Crippen LogP contribution in [0.5, 0.6) is 0 Å². The maximum absolute atomic E-state index is 11.9. The predicted octanol–water partition coefficient (Wildman–Crippen LogP) is 2.20. The van der Waals surface area contributed by atoms with Gasteiger partial charge in [0.05, 0.1) is 6.04 Å². The molecule has 0 aliphatic carbocycles. The fourth-order valence-electron chi connectivity index (χ4n) is 1.81. The zero-order valence-corrected chi connectivity index (χ0v) is 12.6. The van der Waals surface area contributed by atoms with Crippen LogP contribution in [0.15, 0.2) is 30.3 Å². The first kappa shape index (κ1) is 16.1. The molecule has 19 heavy (non-hydrogen) atoms. The Balaban J connectivity index is 2.28. The lowest BCUT2D eigenvalue weighted by Gasteiger charge is -2.17. The van der Waals surface area contributed by atoms with Crippen LogP contribution < -0.4 is 11.1 Å². The van der Waals surface area contributed by atoms with Crippen LogP contribution in [0.4, 0.5) is 0 Å². The summed E-state index contributed by atoms with van der Waals surface area (Å²) in [6.07, 6.45) is 4.58. The number of hydrogen-bond acceptors (Lipinski definition) is 3. The summed E-state index contributed by atoms with van der Waals surface area (Å²) in [5.41, 5.74) is 7.15. The van der Waals surface area contributed by atoms with Crippen molar-refractivity contribution in [3.05, 3.63) is 35.9 Å². The van der Waals surface area contributed by atoms with Gasteiger partial charge >= 0.3 is 0 Å². The summed E-state index contributed by atoms with van der Waals surface area (Å²) in [6.45, 7) is 2.03. The number of hydrogen-bond donors (Lipinski definition) is 2. The molecular formula is C15H24N2OS. The largest absolute Gasteiger partial charge is 0.352 e. The van der Waals surface area contributed by atoms with Crippen LogP contribution in [0.25, 0.3) is 0 Å². The molecule has 2 unspecified atom stereocenters. The minimum absolute atomic E-state index is 0.0375. The Morgan fingerprint density at radius 3 is 2.63 bits per heavy atom. The van der Waals surface area contributed by atoms with Crippen LogP contribution in [0.2, 0.25) is 0 Å². The SMILES string of the molecule is CSCCC(C)NC(=O)C(N)CCc1ccccc1. The van der Waals surface area contributed by atoms with E-state index in [9.17, 15) is 4.79 Å². The second-order valence-corrected chi connectivity index (χ2v) is 5.81. The lowest BCUT2D eigenvalue weighted by molar-refractivity contribution is -0.123. The Bertz CT molecular complexity index is 370. The Morgan fingerprint density at radius 1 is 1.32 bits per heavy atom. The molecule has 0 aromatic heterocycles. The first-order valence-corrected chi connectivity index (χ1v) is 8.11. The summed E-state index contributed by atoms with van der Waals surface area (Å²) in [6, 6.07) is 9.90. The predicted molar refractivity (Wildman–Crippen MR) is 83.3 cm³/mol. The summed E-state index contributed by atoms with van der Waals surface area (Å²) in [4.78, 5) is 11.9. The normalized spacial score (nSPS) is 13.8. The Kier molecular flexibility index (Phi) is 7.60. The maximum atomic E-state index is 11.9. The van der Waals surface area contributed by atoms with Crippen molar-refractivity contribution < 1.29 is 4.79 Å². The van der Waals surface area contributed by atoms with Crippen LogP contribution in [0, 0.1) is 0 Å². The summed E-state index contributed by atoms with van der Waals surface area (Å²) in [5, 5.41) is 2.97. The molecular weight excluding hydrogens is 256 g/mol. The smallest absolute Gasteiger partial charge is 0.237 e. The molecule has 0 aliphatic rings. The van der Waals surface area contributed by atoms with Gasteiger partial charge in [-0.25, -0.2) is 0 Å². The Morgan fingerprint density at radius 2 is 2.00 bits per heavy atom. The molecule has 4 heteroatoms. The number of carbonyl (C=O) groups excluding carboxylic acids is 1. The van der Waals surface area contributed by atoms with Gasteiger partial charge in [0.1, 0.15) is 0 Å². The second-order valence-electron chi connectivity index (χ2n) is 4.82. The first-order valence-electron chi connectivity index (χ1n) is 6.72. The highest BCUT2D eigenvalue weighted by Crippen LogP contribution is 2.05. The van der Waals surface area contributed by atoms with E-state index >= 15 is 0 Å². The zero-order chi connectivity index (χ0) is 14.1. The molecule has 3 N–H and O–H groups in total. The van der Waals surface area contributed by atoms with Gasteiger partial charge in [-0.1, -0.05) is 30.3 Å². The fourth-order valence-corrected chi connectivity index (χ4v) is 2.40. The molecule has 3 nitrogen and oxygen atoms in total. The lowest BCUT2D eigenvalue weighted by Crippen LogP contribution is -2.44. The van der Waals surface area contributed by atoms with Gasteiger partial charge in [-0.2, -0.15) is 11.8 Å². The van der Waals surface area contributed by atoms with Gasteiger partial charge in [0.25, 0.3) is 0 Å². The highest BCUT2D eigenvalue weighted by Gasteiger charge is 2.15. The number of rotatable bonds is 8. The Labute approximate surface area is 120 Å². The molecule has 2 atom stereocenters. The molecule has 0 bridgehead atoms. The van der Waals surface area contributed by atoms with Crippen molar-refractivity contribution in [3.8, 4) is 0 Å². The Hall–Kier alpha value is -1.00. The maximum Gasteiger partial charge on any atom is 0.237 e. The van der Waals surface area contributed by atoms with Crippen molar-refractivity contribution >= 4 is 17.7 Å². The van der Waals surface area contributed by atoms with Crippen LogP contribution >= 0.6 is 11.8 Å². The van der Waals surface area contributed by atoms with E-state index in [-0.39, 0.29) is 11.9 Å². The molecule has 0 saturated carbocycles. The molecule has 1 amide bonds. The molecule has 0 radical (unpaired) electrons. The monoisotopic (exact) mass is 280 g/mol. The quantitative estimate of drug-likeness (QED) is 0.767. The van der Waals surface area contributed by atoms with Crippen LogP contribution in [0.3, 0.4) is 0 Å². The van der Waals surface area contributed by atoms with Crippen LogP contribution in [0.1, 0.15) is 25.3 Å². The lowest BCUT2D eigenvalue weighted by atomic mass is 10.1. The molecule has 1 aromatic rings. The van der Waals surface area contributed by atoms with E-state index in [1.165, 1.54) is 5.56 Å². The van der Waals surface area contributed by atoms with E-state index in [0.717, 1.165) is 18.6 Å². The van der Waals surface area contributed by atoms with Gasteiger partial charge in [-0.05, 0) is 43.8 Å². The number of aryl methyl sites for hydroxylation is 1. The number of carbonyl (C=O) groups is 1. The van der Waals surface area contributed by atoms with Crippen LogP contribution in [-0.2, 0) is 11.2 Å². The fraction of sp³-hybridized carbons (Fsp3) is 0.533. The third-order valence-corrected chi connectivity index (χ3v) is 3.71. The first-order chi connectivity index (χ1) is 9.13. The summed E-state index contributed by atoms with van der Waals surface area (Å²) in [7, 11) is 0. The summed E-state index contributed by atoms with van der Waals surface area (Å²) < 4.78 is 0. The molecule has 0 fully saturated rings. The second kappa shape index (κ2) is 8.99. The zero-order valence-electron chi connectivity index (χ0n) is 11.8. The molecule has 1 rings (SSSR count). The van der Waals surface area contributed by atoms with E-state index in [4.69, 9.17) is 5.73 Å². The van der Waals surface area contributed by atoms with E-state index in [0.29, 0.717) is 6.42 Å². The molecule has 0 aliphatic heterocycles. The van der Waals surface area contributed by atoms with Crippen molar-refractivity contribution in [1.82, 2.24) is 5.32 Å². The molecule has 1 aromatic carbocycles. The number of nitrogens with one attached hydrogen (secondary N) is 1. The van der Waals surface area contributed by atoms with Gasteiger partial charge in [0.15, 0.2) is 0 Å². The van der Waals surface area contributed by atoms with Crippen molar-refractivity contribution in [2.45, 2.75) is 38.3 Å². The van der Waals surface area contributed by atoms with Gasteiger partial charge in [-0.3, -0.25) is 4.79 Å². The van der Waals surface area contributed by atoms with Gasteiger partial charge in [0.2, 0.25) is 5.91 Å². The van der Waals surface area contributed by atoms with Crippen molar-refractivity contribution in [2.75, 3.05) is 12.0 Å². The third-order valence-electron chi connectivity index (χ3n) is 3.07. The molecule has 0 heterocycles.